The van der Waals surface area contributed by atoms with Crippen molar-refractivity contribution in [3.8, 4) is 16.9 Å². The molecule has 0 atom stereocenters. The fourth-order valence-electron chi connectivity index (χ4n) is 2.55. The van der Waals surface area contributed by atoms with Crippen molar-refractivity contribution in [2.75, 3.05) is 13.2 Å². The Hall–Kier alpha value is -3.68. The fourth-order valence-corrected chi connectivity index (χ4v) is 2.55. The van der Waals surface area contributed by atoms with Crippen LogP contribution in [0.3, 0.4) is 0 Å². The summed E-state index contributed by atoms with van der Waals surface area (Å²) in [5.41, 5.74) is 0.0636. The molecule has 3 rings (SSSR count). The highest BCUT2D eigenvalue weighted by atomic mass is 16.5. The van der Waals surface area contributed by atoms with Crippen LogP contribution in [0.4, 0.5) is 0 Å². The highest BCUT2D eigenvalue weighted by Crippen LogP contribution is 2.30. The number of aromatic hydroxyl groups is 1. The van der Waals surface area contributed by atoms with Gasteiger partial charge in [0.25, 0.3) is 5.91 Å². The van der Waals surface area contributed by atoms with E-state index in [1.165, 1.54) is 6.07 Å². The lowest BCUT2D eigenvalue weighted by Gasteiger charge is -2.09. The summed E-state index contributed by atoms with van der Waals surface area (Å²) in [6.07, 6.45) is 3.28. The van der Waals surface area contributed by atoms with Crippen molar-refractivity contribution in [2.45, 2.75) is 6.92 Å². The lowest BCUT2D eigenvalue weighted by Crippen LogP contribution is -2.33. The van der Waals surface area contributed by atoms with E-state index in [9.17, 15) is 19.5 Å². The van der Waals surface area contributed by atoms with Crippen LogP contribution in [-0.2, 0) is 9.53 Å². The molecule has 27 heavy (non-hydrogen) atoms. The molecule has 0 unspecified atom stereocenters. The van der Waals surface area contributed by atoms with Gasteiger partial charge >= 0.3 is 11.6 Å². The van der Waals surface area contributed by atoms with E-state index in [1.54, 1.807) is 37.5 Å². The van der Waals surface area contributed by atoms with Crippen molar-refractivity contribution in [2.24, 2.45) is 0 Å². The molecule has 2 N–H and O–H groups in total. The number of amides is 1. The summed E-state index contributed by atoms with van der Waals surface area (Å²) in [6.45, 7) is 1.36. The predicted molar refractivity (Wildman–Crippen MR) is 96.3 cm³/mol. The van der Waals surface area contributed by atoms with Crippen LogP contribution in [0.25, 0.3) is 22.1 Å². The van der Waals surface area contributed by atoms with Gasteiger partial charge in [-0.3, -0.25) is 14.6 Å². The molecule has 2 heterocycles. The second-order valence-electron chi connectivity index (χ2n) is 5.55. The van der Waals surface area contributed by atoms with E-state index >= 15 is 0 Å². The molecule has 2 aromatic heterocycles. The molecule has 0 aliphatic heterocycles. The number of nitrogens with one attached hydrogen (secondary N) is 1. The van der Waals surface area contributed by atoms with E-state index in [2.05, 4.69) is 10.3 Å². The molecule has 138 valence electrons. The largest absolute Gasteiger partial charge is 0.506 e. The van der Waals surface area contributed by atoms with Crippen LogP contribution in [0.1, 0.15) is 17.3 Å². The summed E-state index contributed by atoms with van der Waals surface area (Å²) in [5.74, 6) is -2.11. The Labute approximate surface area is 153 Å². The smallest absolute Gasteiger partial charge is 0.353 e. The zero-order valence-electron chi connectivity index (χ0n) is 14.4. The fraction of sp³-hybridized carbons (Fsp3) is 0.158. The second kappa shape index (κ2) is 7.69. The SMILES string of the molecule is CCOC(=O)CNC(=O)c1c(O)c2cc(-c3cccnc3)ccc2oc1=O. The number of carbonyl (C=O) groups excluding carboxylic acids is 2. The number of aromatic nitrogens is 1. The van der Waals surface area contributed by atoms with Crippen LogP contribution in [-0.4, -0.2) is 35.1 Å². The Morgan fingerprint density at radius 3 is 2.78 bits per heavy atom. The van der Waals surface area contributed by atoms with Crippen molar-refractivity contribution in [1.82, 2.24) is 10.3 Å². The minimum atomic E-state index is -1.00. The third-order valence-corrected chi connectivity index (χ3v) is 3.80. The van der Waals surface area contributed by atoms with Crippen molar-refractivity contribution in [1.29, 1.82) is 0 Å². The lowest BCUT2D eigenvalue weighted by molar-refractivity contribution is -0.141. The van der Waals surface area contributed by atoms with Crippen molar-refractivity contribution >= 4 is 22.8 Å². The van der Waals surface area contributed by atoms with E-state index in [0.717, 1.165) is 11.1 Å². The molecule has 0 aliphatic rings. The second-order valence-corrected chi connectivity index (χ2v) is 5.55. The maximum absolute atomic E-state index is 12.2. The molecule has 0 bridgehead atoms. The molecule has 0 saturated carbocycles. The van der Waals surface area contributed by atoms with Gasteiger partial charge in [-0.25, -0.2) is 4.79 Å². The van der Waals surface area contributed by atoms with Crippen LogP contribution < -0.4 is 10.9 Å². The average molecular weight is 368 g/mol. The third kappa shape index (κ3) is 3.79. The molecule has 0 aliphatic carbocycles. The quantitative estimate of drug-likeness (QED) is 0.521. The summed E-state index contributed by atoms with van der Waals surface area (Å²) in [7, 11) is 0. The predicted octanol–water partition coefficient (Wildman–Crippen LogP) is 1.85. The summed E-state index contributed by atoms with van der Waals surface area (Å²) in [5, 5.41) is 12.9. The average Bonchev–Trinajstić information content (AvgIpc) is 2.67. The molecule has 1 amide bonds. The first-order valence-electron chi connectivity index (χ1n) is 8.15. The number of hydrogen-bond donors (Lipinski definition) is 2. The number of esters is 1. The van der Waals surface area contributed by atoms with Gasteiger partial charge < -0.3 is 19.6 Å². The number of nitrogens with zero attached hydrogens (tertiary/aromatic N) is 1. The topological polar surface area (TPSA) is 119 Å². The van der Waals surface area contributed by atoms with E-state index in [-0.39, 0.29) is 17.6 Å². The molecule has 8 heteroatoms. The maximum atomic E-state index is 12.2. The minimum absolute atomic E-state index is 0.132. The molecule has 0 fully saturated rings. The first kappa shape index (κ1) is 18.1. The highest BCUT2D eigenvalue weighted by molar-refractivity contribution is 6.03. The molecule has 0 saturated heterocycles. The molecule has 0 radical (unpaired) electrons. The van der Waals surface area contributed by atoms with Crippen molar-refractivity contribution in [3.63, 3.8) is 0 Å². The number of rotatable bonds is 5. The van der Waals surface area contributed by atoms with Gasteiger partial charge in [-0.2, -0.15) is 0 Å². The van der Waals surface area contributed by atoms with Crippen LogP contribution in [0.15, 0.2) is 51.9 Å². The molecule has 0 spiro atoms. The van der Waals surface area contributed by atoms with Crippen LogP contribution in [0.2, 0.25) is 0 Å². The van der Waals surface area contributed by atoms with Crippen molar-refractivity contribution < 1.29 is 23.8 Å². The molecular weight excluding hydrogens is 352 g/mol. The van der Waals surface area contributed by atoms with Gasteiger partial charge in [-0.1, -0.05) is 12.1 Å². The first-order chi connectivity index (χ1) is 13.0. The number of pyridine rings is 1. The lowest BCUT2D eigenvalue weighted by atomic mass is 10.0. The third-order valence-electron chi connectivity index (χ3n) is 3.80. The molecule has 3 aromatic rings. The van der Waals surface area contributed by atoms with Crippen LogP contribution in [0, 0.1) is 0 Å². The van der Waals surface area contributed by atoms with Gasteiger partial charge in [-0.15, -0.1) is 0 Å². The van der Waals surface area contributed by atoms with Gasteiger partial charge in [0.05, 0.1) is 12.0 Å². The Morgan fingerprint density at radius 2 is 2.07 bits per heavy atom. The minimum Gasteiger partial charge on any atom is -0.506 e. The maximum Gasteiger partial charge on any atom is 0.353 e. The standard InChI is InChI=1S/C19H16N2O6/c1-2-26-15(22)10-21-18(24)16-17(23)13-8-11(12-4-3-7-20-9-12)5-6-14(13)27-19(16)25/h3-9,23H,2,10H2,1H3,(H,21,24). The van der Waals surface area contributed by atoms with E-state index in [1.807, 2.05) is 6.07 Å². The number of hydrogen-bond acceptors (Lipinski definition) is 7. The molecule has 8 nitrogen and oxygen atoms in total. The van der Waals surface area contributed by atoms with Gasteiger partial charge in [0.2, 0.25) is 0 Å². The highest BCUT2D eigenvalue weighted by Gasteiger charge is 2.22. The van der Waals surface area contributed by atoms with Crippen LogP contribution in [0.5, 0.6) is 5.75 Å². The normalized spacial score (nSPS) is 10.6. The number of carbonyl (C=O) groups is 2. The Morgan fingerprint density at radius 1 is 1.26 bits per heavy atom. The van der Waals surface area contributed by atoms with E-state index in [0.29, 0.717) is 0 Å². The Kier molecular flexibility index (Phi) is 5.16. The zero-order valence-corrected chi connectivity index (χ0v) is 14.4. The monoisotopic (exact) mass is 368 g/mol. The van der Waals surface area contributed by atoms with Gasteiger partial charge in [0.1, 0.15) is 17.9 Å². The number of ether oxygens (including phenoxy) is 1. The summed E-state index contributed by atoms with van der Waals surface area (Å²) in [4.78, 5) is 39.7. The summed E-state index contributed by atoms with van der Waals surface area (Å²) in [6, 6.07) is 8.42. The molecular formula is C19H16N2O6. The van der Waals surface area contributed by atoms with Crippen LogP contribution >= 0.6 is 0 Å². The Bertz CT molecular complexity index is 1060. The molecule has 1 aromatic carbocycles. The Balaban J connectivity index is 2.00. The number of benzene rings is 1. The number of fused-ring (bicyclic) bond motifs is 1. The first-order valence-corrected chi connectivity index (χ1v) is 8.15. The summed E-state index contributed by atoms with van der Waals surface area (Å²) < 4.78 is 9.83. The van der Waals surface area contributed by atoms with Crippen molar-refractivity contribution in [3.05, 3.63) is 58.7 Å². The van der Waals surface area contributed by atoms with Gasteiger partial charge in [0.15, 0.2) is 5.56 Å². The van der Waals surface area contributed by atoms with Gasteiger partial charge in [0, 0.05) is 18.0 Å². The zero-order chi connectivity index (χ0) is 19.4. The summed E-state index contributed by atoms with van der Waals surface area (Å²) >= 11 is 0. The van der Waals surface area contributed by atoms with Gasteiger partial charge in [-0.05, 0) is 30.7 Å². The van der Waals surface area contributed by atoms with E-state index < -0.39 is 35.4 Å². The van der Waals surface area contributed by atoms with E-state index in [4.69, 9.17) is 9.15 Å².